The van der Waals surface area contributed by atoms with Crippen LogP contribution < -0.4 is 20.1 Å². The Labute approximate surface area is 136 Å². The number of thiocarbonyl (C=S) groups is 1. The Bertz CT molecular complexity index is 520. The van der Waals surface area contributed by atoms with Gasteiger partial charge in [0.15, 0.2) is 16.6 Å². The fourth-order valence-electron chi connectivity index (χ4n) is 1.69. The van der Waals surface area contributed by atoms with Crippen LogP contribution in [0.15, 0.2) is 18.2 Å². The van der Waals surface area contributed by atoms with Crippen LogP contribution in [0.5, 0.6) is 11.5 Å². The van der Waals surface area contributed by atoms with Crippen LogP contribution in [0.1, 0.15) is 20.3 Å². The summed E-state index contributed by atoms with van der Waals surface area (Å²) in [6.45, 7) is 4.04. The number of benzene rings is 1. The third-order valence-electron chi connectivity index (χ3n) is 2.62. The second-order valence-electron chi connectivity index (χ2n) is 4.74. The van der Waals surface area contributed by atoms with E-state index >= 15 is 0 Å². The lowest BCUT2D eigenvalue weighted by molar-refractivity contribution is -0.147. The number of esters is 1. The monoisotopic (exact) mass is 326 g/mol. The van der Waals surface area contributed by atoms with Crippen LogP contribution in [-0.2, 0) is 9.53 Å². The van der Waals surface area contributed by atoms with Crippen LogP contribution in [0.2, 0.25) is 0 Å². The highest BCUT2D eigenvalue weighted by Gasteiger charge is 2.07. The molecule has 1 aromatic carbocycles. The summed E-state index contributed by atoms with van der Waals surface area (Å²) < 4.78 is 15.4. The van der Waals surface area contributed by atoms with Crippen LogP contribution in [0, 0.1) is 0 Å². The summed E-state index contributed by atoms with van der Waals surface area (Å²) in [7, 11) is 3.14. The highest BCUT2D eigenvalue weighted by Crippen LogP contribution is 2.29. The van der Waals surface area contributed by atoms with Gasteiger partial charge in [-0.25, -0.2) is 0 Å². The lowest BCUT2D eigenvalue weighted by Gasteiger charge is -2.13. The predicted octanol–water partition coefficient (Wildman–Crippen LogP) is 2.33. The van der Waals surface area contributed by atoms with E-state index in [-0.39, 0.29) is 18.5 Å². The van der Waals surface area contributed by atoms with Crippen molar-refractivity contribution in [3.8, 4) is 11.5 Å². The molecule has 0 fully saturated rings. The molecule has 7 heteroatoms. The van der Waals surface area contributed by atoms with Gasteiger partial charge in [0.1, 0.15) is 0 Å². The van der Waals surface area contributed by atoms with Crippen molar-refractivity contribution < 1.29 is 19.0 Å². The number of nitrogens with one attached hydrogen (secondary N) is 2. The average molecular weight is 326 g/mol. The predicted molar refractivity (Wildman–Crippen MR) is 89.6 cm³/mol. The van der Waals surface area contributed by atoms with Gasteiger partial charge in [-0.2, -0.15) is 0 Å². The molecule has 0 aromatic heterocycles. The summed E-state index contributed by atoms with van der Waals surface area (Å²) in [6, 6.07) is 5.38. The molecule has 0 heterocycles. The highest BCUT2D eigenvalue weighted by atomic mass is 32.1. The number of hydrogen-bond acceptors (Lipinski definition) is 5. The minimum Gasteiger partial charge on any atom is -0.493 e. The second kappa shape index (κ2) is 9.09. The van der Waals surface area contributed by atoms with Crippen molar-refractivity contribution in [2.24, 2.45) is 0 Å². The van der Waals surface area contributed by atoms with Crippen molar-refractivity contribution in [1.82, 2.24) is 5.32 Å². The average Bonchev–Trinajstić information content (AvgIpc) is 2.46. The van der Waals surface area contributed by atoms with Crippen LogP contribution in [0.4, 0.5) is 5.69 Å². The van der Waals surface area contributed by atoms with E-state index in [1.54, 1.807) is 26.4 Å². The van der Waals surface area contributed by atoms with Crippen LogP contribution in [-0.4, -0.2) is 38.0 Å². The molecule has 0 radical (unpaired) electrons. The van der Waals surface area contributed by atoms with Crippen LogP contribution in [0.3, 0.4) is 0 Å². The number of anilines is 1. The molecule has 6 nitrogen and oxygen atoms in total. The maximum atomic E-state index is 11.4. The molecule has 0 bridgehead atoms. The van der Waals surface area contributed by atoms with Crippen molar-refractivity contribution >= 4 is 29.0 Å². The largest absolute Gasteiger partial charge is 0.493 e. The summed E-state index contributed by atoms with van der Waals surface area (Å²) in [5.74, 6) is 0.996. The molecule has 0 saturated heterocycles. The molecule has 0 unspecified atom stereocenters. The van der Waals surface area contributed by atoms with E-state index in [9.17, 15) is 4.79 Å². The quantitative estimate of drug-likeness (QED) is 0.589. The Morgan fingerprint density at radius 3 is 2.50 bits per heavy atom. The highest BCUT2D eigenvalue weighted by molar-refractivity contribution is 7.80. The summed E-state index contributed by atoms with van der Waals surface area (Å²) in [5.41, 5.74) is 0.764. The number of rotatable bonds is 7. The standard InChI is InChI=1S/C15H22N2O4S/c1-10(2)21-14(18)7-8-16-15(22)17-11-5-6-12(19-3)13(9-11)20-4/h5-6,9-10H,7-8H2,1-4H3,(H2,16,17,22). The van der Waals surface area contributed by atoms with E-state index in [1.165, 1.54) is 0 Å². The molecule has 0 saturated carbocycles. The number of carbonyl (C=O) groups is 1. The van der Waals surface area contributed by atoms with Gasteiger partial charge in [0.25, 0.3) is 0 Å². The van der Waals surface area contributed by atoms with Crippen molar-refractivity contribution in [2.45, 2.75) is 26.4 Å². The Kier molecular flexibility index (Phi) is 7.45. The minimum absolute atomic E-state index is 0.107. The fourth-order valence-corrected chi connectivity index (χ4v) is 1.91. The molecule has 0 aliphatic heterocycles. The van der Waals surface area contributed by atoms with Gasteiger partial charge in [-0.05, 0) is 38.2 Å². The molecule has 0 spiro atoms. The molecule has 1 aromatic rings. The topological polar surface area (TPSA) is 68.8 Å². The molecule has 0 aliphatic carbocycles. The Hall–Kier alpha value is -2.02. The Morgan fingerprint density at radius 2 is 1.91 bits per heavy atom. The normalized spacial score (nSPS) is 10.0. The van der Waals surface area contributed by atoms with E-state index in [0.29, 0.717) is 23.2 Å². The SMILES string of the molecule is COc1ccc(NC(=S)NCCC(=O)OC(C)C)cc1OC. The first kappa shape index (κ1) is 18.0. The van der Waals surface area contributed by atoms with Gasteiger partial charge in [-0.1, -0.05) is 0 Å². The van der Waals surface area contributed by atoms with Gasteiger partial charge in [-0.3, -0.25) is 4.79 Å². The van der Waals surface area contributed by atoms with E-state index < -0.39 is 0 Å². The van der Waals surface area contributed by atoms with Gasteiger partial charge < -0.3 is 24.8 Å². The van der Waals surface area contributed by atoms with Crippen molar-refractivity contribution in [2.75, 3.05) is 26.1 Å². The van der Waals surface area contributed by atoms with E-state index in [4.69, 9.17) is 26.4 Å². The molecule has 0 atom stereocenters. The summed E-state index contributed by atoms with van der Waals surface area (Å²) >= 11 is 5.17. The van der Waals surface area contributed by atoms with Gasteiger partial charge in [-0.15, -0.1) is 0 Å². The first-order valence-corrected chi connectivity index (χ1v) is 7.33. The van der Waals surface area contributed by atoms with Gasteiger partial charge in [0.2, 0.25) is 0 Å². The van der Waals surface area contributed by atoms with Gasteiger partial charge in [0, 0.05) is 18.3 Å². The maximum absolute atomic E-state index is 11.4. The van der Waals surface area contributed by atoms with Crippen LogP contribution >= 0.6 is 12.2 Å². The molecule has 0 amide bonds. The smallest absolute Gasteiger partial charge is 0.307 e. The number of hydrogen-bond donors (Lipinski definition) is 2. The van der Waals surface area contributed by atoms with Crippen molar-refractivity contribution in [3.05, 3.63) is 18.2 Å². The third kappa shape index (κ3) is 6.17. The molecule has 1 rings (SSSR count). The number of ether oxygens (including phenoxy) is 3. The van der Waals surface area contributed by atoms with Gasteiger partial charge in [0.05, 0.1) is 26.7 Å². The molecule has 2 N–H and O–H groups in total. The molecular formula is C15H22N2O4S. The minimum atomic E-state index is -0.253. The van der Waals surface area contributed by atoms with Crippen LogP contribution in [0.25, 0.3) is 0 Å². The van der Waals surface area contributed by atoms with E-state index in [1.807, 2.05) is 19.9 Å². The molecule has 0 aliphatic rings. The zero-order valence-corrected chi connectivity index (χ0v) is 14.1. The third-order valence-corrected chi connectivity index (χ3v) is 2.87. The number of methoxy groups -OCH3 is 2. The molecule has 22 heavy (non-hydrogen) atoms. The van der Waals surface area contributed by atoms with Gasteiger partial charge >= 0.3 is 5.97 Å². The summed E-state index contributed by atoms with van der Waals surface area (Å²) in [5, 5.41) is 6.38. The molecular weight excluding hydrogens is 304 g/mol. The maximum Gasteiger partial charge on any atom is 0.307 e. The lowest BCUT2D eigenvalue weighted by atomic mass is 10.3. The zero-order chi connectivity index (χ0) is 16.5. The Balaban J connectivity index is 2.43. The first-order valence-electron chi connectivity index (χ1n) is 6.92. The summed E-state index contributed by atoms with van der Waals surface area (Å²) in [6.07, 6.45) is 0.149. The fraction of sp³-hybridized carbons (Fsp3) is 0.467. The lowest BCUT2D eigenvalue weighted by Crippen LogP contribution is -2.30. The molecule has 122 valence electrons. The zero-order valence-electron chi connectivity index (χ0n) is 13.3. The number of carbonyl (C=O) groups excluding carboxylic acids is 1. The van der Waals surface area contributed by atoms with E-state index in [0.717, 1.165) is 5.69 Å². The summed E-state index contributed by atoms with van der Waals surface area (Å²) in [4.78, 5) is 11.4. The van der Waals surface area contributed by atoms with Crippen molar-refractivity contribution in [3.63, 3.8) is 0 Å². The van der Waals surface area contributed by atoms with Crippen molar-refractivity contribution in [1.29, 1.82) is 0 Å². The first-order chi connectivity index (χ1) is 10.5. The Morgan fingerprint density at radius 1 is 1.23 bits per heavy atom. The van der Waals surface area contributed by atoms with E-state index in [2.05, 4.69) is 10.6 Å². The second-order valence-corrected chi connectivity index (χ2v) is 5.15.